The number of ether oxygens (including phenoxy) is 1. The molecule has 0 saturated carbocycles. The van der Waals surface area contributed by atoms with E-state index in [1.807, 2.05) is 12.1 Å². The van der Waals surface area contributed by atoms with Crippen LogP contribution in [-0.2, 0) is 12.0 Å². The van der Waals surface area contributed by atoms with Crippen LogP contribution in [0.2, 0.25) is 0 Å². The first kappa shape index (κ1) is 15.9. The number of hydrogen-bond donors (Lipinski definition) is 1. The summed E-state index contributed by atoms with van der Waals surface area (Å²) in [7, 11) is 0. The Hall–Kier alpha value is -1.53. The Kier molecular flexibility index (Phi) is 5.25. The first-order valence-electron chi connectivity index (χ1n) is 6.87. The van der Waals surface area contributed by atoms with E-state index in [0.29, 0.717) is 17.7 Å². The highest BCUT2D eigenvalue weighted by Gasteiger charge is 2.13. The van der Waals surface area contributed by atoms with Crippen LogP contribution in [0.1, 0.15) is 32.2 Å². The van der Waals surface area contributed by atoms with Crippen LogP contribution in [0, 0.1) is 0 Å². The molecular formula is C15H21N3O2S. The second kappa shape index (κ2) is 6.95. The van der Waals surface area contributed by atoms with Crippen LogP contribution in [-0.4, -0.2) is 22.6 Å². The lowest BCUT2D eigenvalue weighted by Gasteiger charge is -2.19. The van der Waals surface area contributed by atoms with Gasteiger partial charge in [-0.15, -0.1) is 10.2 Å². The number of nitrogens with zero attached hydrogens (tertiary/aromatic N) is 2. The monoisotopic (exact) mass is 307 g/mol. The third-order valence-electron chi connectivity index (χ3n) is 2.92. The van der Waals surface area contributed by atoms with E-state index in [0.717, 1.165) is 11.5 Å². The van der Waals surface area contributed by atoms with E-state index in [4.69, 9.17) is 14.9 Å². The zero-order valence-corrected chi connectivity index (χ0v) is 13.4. The zero-order chi connectivity index (χ0) is 15.3. The summed E-state index contributed by atoms with van der Waals surface area (Å²) in [6.07, 6.45) is 0. The number of nitrogens with two attached hydrogens (primary N) is 1. The lowest BCUT2D eigenvalue weighted by atomic mass is 9.87. The number of aromatic nitrogens is 2. The second-order valence-electron chi connectivity index (χ2n) is 5.64. The molecule has 1 heterocycles. The van der Waals surface area contributed by atoms with Crippen molar-refractivity contribution in [1.29, 1.82) is 0 Å². The smallest absolute Gasteiger partial charge is 0.276 e. The molecule has 5 nitrogen and oxygen atoms in total. The van der Waals surface area contributed by atoms with E-state index < -0.39 is 0 Å². The van der Waals surface area contributed by atoms with Crippen molar-refractivity contribution >= 4 is 11.8 Å². The maximum atomic E-state index is 5.69. The second-order valence-corrected chi connectivity index (χ2v) is 6.68. The van der Waals surface area contributed by atoms with Crippen molar-refractivity contribution in [2.24, 2.45) is 5.73 Å². The molecule has 1 aromatic carbocycles. The highest BCUT2D eigenvalue weighted by molar-refractivity contribution is 7.99. The van der Waals surface area contributed by atoms with Gasteiger partial charge in [-0.25, -0.2) is 0 Å². The van der Waals surface area contributed by atoms with Crippen LogP contribution in [0.5, 0.6) is 5.75 Å². The number of hydrogen-bond acceptors (Lipinski definition) is 6. The fraction of sp³-hybridized carbons (Fsp3) is 0.467. The highest BCUT2D eigenvalue weighted by Crippen LogP contribution is 2.24. The normalized spacial score (nSPS) is 11.6. The Bertz CT molecular complexity index is 561. The Labute approximate surface area is 129 Å². The fourth-order valence-corrected chi connectivity index (χ4v) is 2.31. The summed E-state index contributed by atoms with van der Waals surface area (Å²) < 4.78 is 11.0. The van der Waals surface area contributed by atoms with Crippen molar-refractivity contribution in [3.63, 3.8) is 0 Å². The van der Waals surface area contributed by atoms with E-state index in [9.17, 15) is 0 Å². The Balaban J connectivity index is 1.76. The van der Waals surface area contributed by atoms with Crippen LogP contribution in [0.25, 0.3) is 0 Å². The number of thioether (sulfide) groups is 1. The summed E-state index contributed by atoms with van der Waals surface area (Å²) in [4.78, 5) is 0. The Morgan fingerprint density at radius 3 is 2.48 bits per heavy atom. The van der Waals surface area contributed by atoms with E-state index in [1.165, 1.54) is 17.3 Å². The van der Waals surface area contributed by atoms with E-state index in [1.54, 1.807) is 0 Å². The zero-order valence-electron chi connectivity index (χ0n) is 12.6. The standard InChI is InChI=1S/C15H21N3O2S/c1-15(2,3)11-4-6-12(7-5-11)19-8-9-21-14-18-17-13(10-16)20-14/h4-7H,8-10,16H2,1-3H3. The van der Waals surface area contributed by atoms with Crippen LogP contribution >= 0.6 is 11.8 Å². The van der Waals surface area contributed by atoms with Gasteiger partial charge in [0.25, 0.3) is 5.22 Å². The van der Waals surface area contributed by atoms with Gasteiger partial charge in [-0.3, -0.25) is 0 Å². The molecule has 0 saturated heterocycles. The molecule has 0 bridgehead atoms. The average molecular weight is 307 g/mol. The topological polar surface area (TPSA) is 74.2 Å². The lowest BCUT2D eigenvalue weighted by molar-refractivity contribution is 0.342. The molecule has 0 spiro atoms. The minimum absolute atomic E-state index is 0.160. The Morgan fingerprint density at radius 1 is 1.19 bits per heavy atom. The summed E-state index contributed by atoms with van der Waals surface area (Å²) in [5.74, 6) is 2.07. The highest BCUT2D eigenvalue weighted by atomic mass is 32.2. The van der Waals surface area contributed by atoms with Crippen molar-refractivity contribution in [2.75, 3.05) is 12.4 Å². The molecule has 0 unspecified atom stereocenters. The molecule has 0 fully saturated rings. The summed E-state index contributed by atoms with van der Waals surface area (Å²) in [5, 5.41) is 8.21. The number of benzene rings is 1. The molecule has 0 atom stereocenters. The molecule has 0 aliphatic heterocycles. The van der Waals surface area contributed by atoms with Crippen molar-refractivity contribution < 1.29 is 9.15 Å². The quantitative estimate of drug-likeness (QED) is 0.653. The molecule has 0 radical (unpaired) electrons. The maximum absolute atomic E-state index is 5.69. The summed E-state index contributed by atoms with van der Waals surface area (Å²) in [5.41, 5.74) is 6.86. The predicted molar refractivity (Wildman–Crippen MR) is 83.6 cm³/mol. The Morgan fingerprint density at radius 2 is 1.90 bits per heavy atom. The van der Waals surface area contributed by atoms with E-state index in [2.05, 4.69) is 43.1 Å². The molecule has 2 rings (SSSR count). The molecular weight excluding hydrogens is 286 g/mol. The van der Waals surface area contributed by atoms with Crippen molar-refractivity contribution in [3.05, 3.63) is 35.7 Å². The van der Waals surface area contributed by atoms with Crippen LogP contribution < -0.4 is 10.5 Å². The first-order valence-corrected chi connectivity index (χ1v) is 7.86. The van der Waals surface area contributed by atoms with Gasteiger partial charge in [0.2, 0.25) is 5.89 Å². The predicted octanol–water partition coefficient (Wildman–Crippen LogP) is 3.00. The SMILES string of the molecule is CC(C)(C)c1ccc(OCCSc2nnc(CN)o2)cc1. The van der Waals surface area contributed by atoms with Crippen molar-refractivity contribution in [1.82, 2.24) is 10.2 Å². The average Bonchev–Trinajstić information content (AvgIpc) is 2.91. The van der Waals surface area contributed by atoms with Gasteiger partial charge < -0.3 is 14.9 Å². The molecule has 0 amide bonds. The molecule has 6 heteroatoms. The molecule has 21 heavy (non-hydrogen) atoms. The van der Waals surface area contributed by atoms with Gasteiger partial charge in [0.05, 0.1) is 13.2 Å². The van der Waals surface area contributed by atoms with Gasteiger partial charge in [-0.2, -0.15) is 0 Å². The van der Waals surface area contributed by atoms with Crippen LogP contribution in [0.15, 0.2) is 33.9 Å². The maximum Gasteiger partial charge on any atom is 0.276 e. The largest absolute Gasteiger partial charge is 0.493 e. The molecule has 2 aromatic rings. The van der Waals surface area contributed by atoms with Crippen LogP contribution in [0.3, 0.4) is 0 Å². The van der Waals surface area contributed by atoms with Crippen molar-refractivity contribution in [3.8, 4) is 5.75 Å². The van der Waals surface area contributed by atoms with Gasteiger partial charge in [-0.05, 0) is 23.1 Å². The van der Waals surface area contributed by atoms with E-state index >= 15 is 0 Å². The minimum Gasteiger partial charge on any atom is -0.493 e. The molecule has 114 valence electrons. The molecule has 0 aliphatic carbocycles. The summed E-state index contributed by atoms with van der Waals surface area (Å²) in [6.45, 7) is 7.43. The van der Waals surface area contributed by atoms with Crippen LogP contribution in [0.4, 0.5) is 0 Å². The fourth-order valence-electron chi connectivity index (χ4n) is 1.72. The third kappa shape index (κ3) is 4.75. The first-order chi connectivity index (χ1) is 9.99. The molecule has 1 aromatic heterocycles. The van der Waals surface area contributed by atoms with Gasteiger partial charge in [0.15, 0.2) is 0 Å². The van der Waals surface area contributed by atoms with Gasteiger partial charge in [0.1, 0.15) is 5.75 Å². The minimum atomic E-state index is 0.160. The van der Waals surface area contributed by atoms with E-state index in [-0.39, 0.29) is 12.0 Å². The molecule has 0 aliphatic rings. The molecule has 2 N–H and O–H groups in total. The number of rotatable bonds is 6. The van der Waals surface area contributed by atoms with Gasteiger partial charge in [0, 0.05) is 5.75 Å². The summed E-state index contributed by atoms with van der Waals surface area (Å²) in [6, 6.07) is 8.22. The van der Waals surface area contributed by atoms with Gasteiger partial charge in [-0.1, -0.05) is 44.7 Å². The third-order valence-corrected chi connectivity index (χ3v) is 3.70. The van der Waals surface area contributed by atoms with Gasteiger partial charge >= 0.3 is 0 Å². The van der Waals surface area contributed by atoms with Crippen molar-refractivity contribution in [2.45, 2.75) is 38.0 Å². The lowest BCUT2D eigenvalue weighted by Crippen LogP contribution is -2.10. The summed E-state index contributed by atoms with van der Waals surface area (Å²) >= 11 is 1.46.